The van der Waals surface area contributed by atoms with Gasteiger partial charge in [-0.3, -0.25) is 4.79 Å². The molecule has 0 aromatic carbocycles. The number of allylic oxidation sites excluding steroid dienone is 2. The Morgan fingerprint density at radius 2 is 2.07 bits per heavy atom. The third kappa shape index (κ3) is 2.04. The minimum absolute atomic E-state index is 0.128. The van der Waals surface area contributed by atoms with Gasteiger partial charge in [-0.05, 0) is 24.6 Å². The van der Waals surface area contributed by atoms with Crippen LogP contribution in [-0.4, -0.2) is 25.2 Å². The van der Waals surface area contributed by atoms with Gasteiger partial charge in [-0.2, -0.15) is 13.2 Å². The van der Waals surface area contributed by atoms with E-state index in [2.05, 4.69) is 11.7 Å². The second kappa shape index (κ2) is 3.57. The largest absolute Gasteiger partial charge is 0.419 e. The van der Waals surface area contributed by atoms with Crippen LogP contribution in [0.4, 0.5) is 13.2 Å². The summed E-state index contributed by atoms with van der Waals surface area (Å²) in [5.74, 6) is -1.08. The van der Waals surface area contributed by atoms with E-state index in [1.807, 2.05) is 0 Å². The zero-order valence-corrected chi connectivity index (χ0v) is 7.39. The molecule has 1 atom stereocenters. The van der Waals surface area contributed by atoms with Gasteiger partial charge in [0.15, 0.2) is 0 Å². The zero-order chi connectivity index (χ0) is 10.9. The Labute approximate surface area is 79.0 Å². The van der Waals surface area contributed by atoms with Gasteiger partial charge in [0.2, 0.25) is 5.78 Å². The van der Waals surface area contributed by atoms with Crippen LogP contribution in [-0.2, 0) is 9.53 Å². The number of ether oxygens (including phenoxy) is 1. The number of methoxy groups -OCH3 is 1. The van der Waals surface area contributed by atoms with E-state index in [0.717, 1.165) is 6.08 Å². The zero-order valence-electron chi connectivity index (χ0n) is 7.39. The summed E-state index contributed by atoms with van der Waals surface area (Å²) in [5, 5.41) is 0. The molecule has 0 aromatic rings. The summed E-state index contributed by atoms with van der Waals surface area (Å²) in [6.07, 6.45) is -3.86. The Kier molecular flexibility index (Phi) is 2.80. The van der Waals surface area contributed by atoms with Crippen LogP contribution in [0.3, 0.4) is 0 Å². The van der Waals surface area contributed by atoms with E-state index in [1.165, 1.54) is 13.2 Å². The molecule has 0 heterocycles. The molecule has 1 aliphatic rings. The Morgan fingerprint density at radius 1 is 1.50 bits per heavy atom. The third-order valence-electron chi connectivity index (χ3n) is 1.78. The van der Waals surface area contributed by atoms with Crippen molar-refractivity contribution in [3.8, 4) is 0 Å². The molecule has 1 rings (SSSR count). The van der Waals surface area contributed by atoms with Crippen LogP contribution in [0.2, 0.25) is 0 Å². The summed E-state index contributed by atoms with van der Waals surface area (Å²) >= 11 is 0. The Morgan fingerprint density at radius 3 is 2.50 bits per heavy atom. The van der Waals surface area contributed by atoms with Gasteiger partial charge in [0, 0.05) is 7.11 Å². The molecule has 0 aromatic heterocycles. The maximum Gasteiger partial charge on any atom is 0.419 e. The minimum atomic E-state index is -4.65. The highest BCUT2D eigenvalue weighted by atomic mass is 19.4. The second-order valence-electron chi connectivity index (χ2n) is 2.82. The molecule has 0 spiro atoms. The summed E-state index contributed by atoms with van der Waals surface area (Å²) in [6.45, 7) is 3.35. The molecule has 2 nitrogen and oxygen atoms in total. The van der Waals surface area contributed by atoms with Crippen molar-refractivity contribution in [2.75, 3.05) is 7.11 Å². The lowest BCUT2D eigenvalue weighted by Crippen LogP contribution is -2.32. The molecule has 1 radical (unpaired) electrons. The van der Waals surface area contributed by atoms with Gasteiger partial charge in [0.25, 0.3) is 0 Å². The number of carbonyl (C=O) groups excluding carboxylic acids is 1. The van der Waals surface area contributed by atoms with Gasteiger partial charge in [0.05, 0.1) is 0 Å². The minimum Gasteiger partial charge on any atom is -0.369 e. The normalized spacial score (nSPS) is 23.2. The van der Waals surface area contributed by atoms with Gasteiger partial charge < -0.3 is 4.74 Å². The molecule has 14 heavy (non-hydrogen) atoms. The maximum atomic E-state index is 12.3. The molecule has 0 amide bonds. The number of halogens is 3. The van der Waals surface area contributed by atoms with Crippen molar-refractivity contribution in [1.29, 1.82) is 0 Å². The fourth-order valence-corrected chi connectivity index (χ4v) is 1.12. The van der Waals surface area contributed by atoms with E-state index in [0.29, 0.717) is 0 Å². The van der Waals surface area contributed by atoms with Crippen LogP contribution in [0.1, 0.15) is 0 Å². The van der Waals surface area contributed by atoms with Gasteiger partial charge in [-0.15, -0.1) is 0 Å². The highest BCUT2D eigenvalue weighted by Crippen LogP contribution is 2.31. The average Bonchev–Trinajstić information content (AvgIpc) is 2.06. The number of rotatable bonds is 1. The molecule has 5 heteroatoms. The number of hydrogen-bond donors (Lipinski definition) is 0. The van der Waals surface area contributed by atoms with Crippen molar-refractivity contribution < 1.29 is 22.7 Å². The molecular formula is C9H8F3O2. The Hall–Kier alpha value is -1.10. The third-order valence-corrected chi connectivity index (χ3v) is 1.78. The Bertz CT molecular complexity index is 313. The lowest BCUT2D eigenvalue weighted by Gasteiger charge is -2.19. The van der Waals surface area contributed by atoms with E-state index in [4.69, 9.17) is 0 Å². The fraction of sp³-hybridized carbons (Fsp3) is 0.333. The highest BCUT2D eigenvalue weighted by Gasteiger charge is 2.42. The standard InChI is InChI=1S/C9H8F3O2/c1-5-3-6(9(10,11)12)8(13)7(4-5)14-2/h3-4,7H,1H2,2H3. The number of Topliss-reactive ketones (excluding diaryl/α,β-unsaturated/α-hetero) is 1. The second-order valence-corrected chi connectivity index (χ2v) is 2.82. The number of alkyl halides is 3. The van der Waals surface area contributed by atoms with Crippen molar-refractivity contribution in [3.63, 3.8) is 0 Å². The van der Waals surface area contributed by atoms with Crippen LogP contribution in [0, 0.1) is 6.92 Å². The molecule has 77 valence electrons. The molecule has 0 N–H and O–H groups in total. The average molecular weight is 205 g/mol. The van der Waals surface area contributed by atoms with Crippen LogP contribution < -0.4 is 0 Å². The quantitative estimate of drug-likeness (QED) is 0.652. The molecule has 1 unspecified atom stereocenters. The lowest BCUT2D eigenvalue weighted by molar-refractivity contribution is -0.135. The molecule has 1 aliphatic carbocycles. The lowest BCUT2D eigenvalue weighted by atomic mass is 9.96. The highest BCUT2D eigenvalue weighted by molar-refractivity contribution is 6.03. The van der Waals surface area contributed by atoms with Crippen molar-refractivity contribution in [1.82, 2.24) is 0 Å². The van der Waals surface area contributed by atoms with Crippen LogP contribution in [0.5, 0.6) is 0 Å². The summed E-state index contributed by atoms with van der Waals surface area (Å²) in [6, 6.07) is 0. The molecule has 0 aliphatic heterocycles. The van der Waals surface area contributed by atoms with E-state index in [1.54, 1.807) is 0 Å². The van der Waals surface area contributed by atoms with Crippen molar-refractivity contribution >= 4 is 5.78 Å². The summed E-state index contributed by atoms with van der Waals surface area (Å²) in [5.41, 5.74) is -1.08. The van der Waals surface area contributed by atoms with Crippen LogP contribution in [0.25, 0.3) is 0 Å². The SMILES string of the molecule is [CH2]C1=CC(OC)C(=O)C(C(F)(F)F)=C1. The molecule has 0 fully saturated rings. The molecule has 0 saturated heterocycles. The predicted molar refractivity (Wildman–Crippen MR) is 43.4 cm³/mol. The first-order valence-electron chi connectivity index (χ1n) is 3.76. The van der Waals surface area contributed by atoms with Crippen LogP contribution in [0.15, 0.2) is 23.3 Å². The topological polar surface area (TPSA) is 26.3 Å². The number of ketones is 1. The van der Waals surface area contributed by atoms with Gasteiger partial charge >= 0.3 is 6.18 Å². The van der Waals surface area contributed by atoms with E-state index < -0.39 is 23.6 Å². The summed E-state index contributed by atoms with van der Waals surface area (Å²) in [7, 11) is 1.17. The van der Waals surface area contributed by atoms with Crippen molar-refractivity contribution in [3.05, 3.63) is 30.2 Å². The van der Waals surface area contributed by atoms with Gasteiger partial charge in [0.1, 0.15) is 11.7 Å². The van der Waals surface area contributed by atoms with Crippen molar-refractivity contribution in [2.45, 2.75) is 12.3 Å². The van der Waals surface area contributed by atoms with Crippen LogP contribution >= 0.6 is 0 Å². The maximum absolute atomic E-state index is 12.3. The summed E-state index contributed by atoms with van der Waals surface area (Å²) < 4.78 is 41.4. The van der Waals surface area contributed by atoms with Crippen molar-refractivity contribution in [2.24, 2.45) is 0 Å². The first-order chi connectivity index (χ1) is 6.36. The van der Waals surface area contributed by atoms with Gasteiger partial charge in [-0.1, -0.05) is 0 Å². The predicted octanol–water partition coefficient (Wildman–Crippen LogP) is 1.83. The molecule has 0 saturated carbocycles. The number of carbonyl (C=O) groups is 1. The first-order valence-corrected chi connectivity index (χ1v) is 3.76. The monoisotopic (exact) mass is 205 g/mol. The summed E-state index contributed by atoms with van der Waals surface area (Å²) in [4.78, 5) is 11.2. The van der Waals surface area contributed by atoms with E-state index in [9.17, 15) is 18.0 Å². The smallest absolute Gasteiger partial charge is 0.369 e. The first kappa shape index (κ1) is 11.0. The Balaban J connectivity index is 3.08. The number of hydrogen-bond acceptors (Lipinski definition) is 2. The molecule has 0 bridgehead atoms. The van der Waals surface area contributed by atoms with Gasteiger partial charge in [-0.25, -0.2) is 0 Å². The molecular weight excluding hydrogens is 197 g/mol. The van der Waals surface area contributed by atoms with E-state index in [-0.39, 0.29) is 5.57 Å². The fourth-order valence-electron chi connectivity index (χ4n) is 1.12. The van der Waals surface area contributed by atoms with E-state index >= 15 is 0 Å².